The van der Waals surface area contributed by atoms with Crippen molar-refractivity contribution in [2.24, 2.45) is 0 Å². The van der Waals surface area contributed by atoms with Crippen LogP contribution in [0.3, 0.4) is 0 Å². The van der Waals surface area contributed by atoms with E-state index >= 15 is 0 Å². The second-order valence-corrected chi connectivity index (χ2v) is 5.88. The summed E-state index contributed by atoms with van der Waals surface area (Å²) >= 11 is 0. The lowest BCUT2D eigenvalue weighted by molar-refractivity contribution is 0.112. The van der Waals surface area contributed by atoms with E-state index in [-0.39, 0.29) is 6.61 Å². The maximum absolute atomic E-state index is 13.8. The molecule has 0 aliphatic heterocycles. The van der Waals surface area contributed by atoms with Crippen molar-refractivity contribution in [3.05, 3.63) is 48.2 Å². The first-order valence-corrected chi connectivity index (χ1v) is 8.51. The fraction of sp³-hybridized carbons (Fsp3) is 0.400. The van der Waals surface area contributed by atoms with Crippen LogP contribution in [0.2, 0.25) is 0 Å². The summed E-state index contributed by atoms with van der Waals surface area (Å²) in [5.41, 5.74) is 2.26. The molecule has 0 saturated carbocycles. The Labute approximate surface area is 142 Å². The molecule has 2 rings (SSSR count). The van der Waals surface area contributed by atoms with E-state index in [0.29, 0.717) is 17.7 Å². The molecule has 0 spiro atoms. The minimum Gasteiger partial charge on any atom is -0.491 e. The fourth-order valence-corrected chi connectivity index (χ4v) is 2.43. The van der Waals surface area contributed by atoms with Crippen LogP contribution in [0.15, 0.2) is 42.6 Å². The number of halogens is 1. The summed E-state index contributed by atoms with van der Waals surface area (Å²) in [6.07, 6.45) is 6.28. The summed E-state index contributed by atoms with van der Waals surface area (Å²) < 4.78 is 19.3. The number of benzene rings is 1. The standard InChI is InChI=1S/C20H24FNO2/c1-2-3-4-5-6-18(21)15-24-19-10-8-17(9-11-19)20-12-7-16(14-23)13-22-20/h7-14,18H,2-6,15H2,1H3/t18-/m0/s1. The third-order valence-electron chi connectivity index (χ3n) is 3.87. The predicted octanol–water partition coefficient (Wildman–Crippen LogP) is 5.25. The predicted molar refractivity (Wildman–Crippen MR) is 94.2 cm³/mol. The second kappa shape index (κ2) is 9.81. The van der Waals surface area contributed by atoms with Gasteiger partial charge in [0.25, 0.3) is 0 Å². The lowest BCUT2D eigenvalue weighted by Gasteiger charge is -2.11. The molecule has 0 amide bonds. The van der Waals surface area contributed by atoms with Gasteiger partial charge in [0, 0.05) is 17.3 Å². The molecular weight excluding hydrogens is 305 g/mol. The van der Waals surface area contributed by atoms with Crippen molar-refractivity contribution in [2.75, 3.05) is 6.61 Å². The number of carbonyl (C=O) groups excluding carboxylic acids is 1. The molecule has 0 aliphatic rings. The first-order chi connectivity index (χ1) is 11.7. The van der Waals surface area contributed by atoms with Gasteiger partial charge in [-0.2, -0.15) is 0 Å². The summed E-state index contributed by atoms with van der Waals surface area (Å²) in [4.78, 5) is 14.9. The van der Waals surface area contributed by atoms with E-state index in [9.17, 15) is 9.18 Å². The van der Waals surface area contributed by atoms with E-state index in [1.165, 1.54) is 0 Å². The van der Waals surface area contributed by atoms with Crippen molar-refractivity contribution < 1.29 is 13.9 Å². The number of rotatable bonds is 10. The molecule has 0 bridgehead atoms. The second-order valence-electron chi connectivity index (χ2n) is 5.88. The summed E-state index contributed by atoms with van der Waals surface area (Å²) in [6, 6.07) is 10.9. The van der Waals surface area contributed by atoms with E-state index < -0.39 is 6.17 Å². The van der Waals surface area contributed by atoms with Crippen LogP contribution in [0, 0.1) is 0 Å². The Balaban J connectivity index is 1.82. The molecule has 24 heavy (non-hydrogen) atoms. The van der Waals surface area contributed by atoms with Gasteiger partial charge in [-0.15, -0.1) is 0 Å². The van der Waals surface area contributed by atoms with E-state index in [2.05, 4.69) is 11.9 Å². The highest BCUT2D eigenvalue weighted by Crippen LogP contribution is 2.21. The highest BCUT2D eigenvalue weighted by atomic mass is 19.1. The molecule has 0 saturated heterocycles. The van der Waals surface area contributed by atoms with Crippen LogP contribution in [0.5, 0.6) is 5.75 Å². The molecule has 0 N–H and O–H groups in total. The van der Waals surface area contributed by atoms with Gasteiger partial charge in [0.05, 0.1) is 5.69 Å². The van der Waals surface area contributed by atoms with Gasteiger partial charge in [-0.1, -0.05) is 32.6 Å². The quantitative estimate of drug-likeness (QED) is 0.441. The Kier molecular flexibility index (Phi) is 7.40. The SMILES string of the molecule is CCCCCC[C@H](F)COc1ccc(-c2ccc(C=O)cn2)cc1. The highest BCUT2D eigenvalue weighted by Gasteiger charge is 2.07. The summed E-state index contributed by atoms with van der Waals surface area (Å²) in [5.74, 6) is 0.652. The number of ether oxygens (including phenoxy) is 1. The van der Waals surface area contributed by atoms with Crippen molar-refractivity contribution >= 4 is 6.29 Å². The summed E-state index contributed by atoms with van der Waals surface area (Å²) in [6.45, 7) is 2.24. The average Bonchev–Trinajstić information content (AvgIpc) is 2.64. The summed E-state index contributed by atoms with van der Waals surface area (Å²) in [7, 11) is 0. The Morgan fingerprint density at radius 3 is 2.54 bits per heavy atom. The number of aromatic nitrogens is 1. The number of nitrogens with zero attached hydrogens (tertiary/aromatic N) is 1. The van der Waals surface area contributed by atoms with E-state index in [1.807, 2.05) is 24.3 Å². The number of hydrogen-bond donors (Lipinski definition) is 0. The Bertz CT molecular complexity index is 611. The molecule has 2 aromatic rings. The van der Waals surface area contributed by atoms with E-state index in [4.69, 9.17) is 4.74 Å². The largest absolute Gasteiger partial charge is 0.491 e. The van der Waals surface area contributed by atoms with Crippen molar-refractivity contribution in [1.29, 1.82) is 0 Å². The normalized spacial score (nSPS) is 11.9. The van der Waals surface area contributed by atoms with Gasteiger partial charge in [0.2, 0.25) is 0 Å². The van der Waals surface area contributed by atoms with Gasteiger partial charge in [-0.05, 0) is 42.8 Å². The molecule has 1 atom stereocenters. The first-order valence-electron chi connectivity index (χ1n) is 8.51. The zero-order chi connectivity index (χ0) is 17.2. The van der Waals surface area contributed by atoms with Crippen LogP contribution in [0.4, 0.5) is 4.39 Å². The molecule has 0 fully saturated rings. The van der Waals surface area contributed by atoms with Gasteiger partial charge in [-0.25, -0.2) is 4.39 Å². The van der Waals surface area contributed by atoms with Crippen LogP contribution in [0.25, 0.3) is 11.3 Å². The number of carbonyl (C=O) groups is 1. The van der Waals surface area contributed by atoms with Gasteiger partial charge in [0.1, 0.15) is 18.5 Å². The van der Waals surface area contributed by atoms with Gasteiger partial charge in [0.15, 0.2) is 6.29 Å². The molecule has 1 heterocycles. The molecule has 3 nitrogen and oxygen atoms in total. The molecule has 1 aromatic heterocycles. The lowest BCUT2D eigenvalue weighted by Crippen LogP contribution is -2.12. The van der Waals surface area contributed by atoms with Crippen LogP contribution in [-0.2, 0) is 0 Å². The molecule has 0 unspecified atom stereocenters. The topological polar surface area (TPSA) is 39.2 Å². The van der Waals surface area contributed by atoms with Crippen LogP contribution < -0.4 is 4.74 Å². The minimum atomic E-state index is -0.918. The van der Waals surface area contributed by atoms with Crippen LogP contribution in [-0.4, -0.2) is 24.0 Å². The number of pyridine rings is 1. The molecule has 1 aromatic carbocycles. The number of alkyl halides is 1. The van der Waals surface area contributed by atoms with E-state index in [0.717, 1.165) is 43.2 Å². The molecule has 0 aliphatic carbocycles. The van der Waals surface area contributed by atoms with Crippen molar-refractivity contribution in [1.82, 2.24) is 4.98 Å². The van der Waals surface area contributed by atoms with Crippen LogP contribution >= 0.6 is 0 Å². The maximum atomic E-state index is 13.8. The Hall–Kier alpha value is -2.23. The molecule has 4 heteroatoms. The first kappa shape index (κ1) is 18.1. The van der Waals surface area contributed by atoms with Crippen molar-refractivity contribution in [2.45, 2.75) is 45.2 Å². The monoisotopic (exact) mass is 329 g/mol. The molecule has 128 valence electrons. The van der Waals surface area contributed by atoms with Gasteiger partial charge >= 0.3 is 0 Å². The zero-order valence-corrected chi connectivity index (χ0v) is 14.1. The Morgan fingerprint density at radius 1 is 1.12 bits per heavy atom. The lowest BCUT2D eigenvalue weighted by atomic mass is 10.1. The molecular formula is C20H24FNO2. The van der Waals surface area contributed by atoms with Crippen molar-refractivity contribution in [3.63, 3.8) is 0 Å². The van der Waals surface area contributed by atoms with Crippen molar-refractivity contribution in [3.8, 4) is 17.0 Å². The fourth-order valence-electron chi connectivity index (χ4n) is 2.43. The third kappa shape index (κ3) is 5.76. The molecule has 0 radical (unpaired) electrons. The van der Waals surface area contributed by atoms with Gasteiger partial charge in [-0.3, -0.25) is 9.78 Å². The number of aldehydes is 1. The smallest absolute Gasteiger partial charge is 0.151 e. The number of unbranched alkanes of at least 4 members (excludes halogenated alkanes) is 3. The maximum Gasteiger partial charge on any atom is 0.151 e. The summed E-state index contributed by atoms with van der Waals surface area (Å²) in [5, 5.41) is 0. The average molecular weight is 329 g/mol. The highest BCUT2D eigenvalue weighted by molar-refractivity contribution is 5.75. The zero-order valence-electron chi connectivity index (χ0n) is 14.1. The Morgan fingerprint density at radius 2 is 1.92 bits per heavy atom. The third-order valence-corrected chi connectivity index (χ3v) is 3.87. The van der Waals surface area contributed by atoms with E-state index in [1.54, 1.807) is 18.3 Å². The van der Waals surface area contributed by atoms with Gasteiger partial charge < -0.3 is 4.74 Å². The number of hydrogen-bond acceptors (Lipinski definition) is 3. The van der Waals surface area contributed by atoms with Crippen LogP contribution in [0.1, 0.15) is 49.4 Å². The minimum absolute atomic E-state index is 0.0950.